The SMILES string of the molecule is c1ccc(-c2cc(-c3ccccc3)nc(-c3ccc4c5ccccc5c5ccc6c7ccccc7n7c3c4c5c67)n2)cc1. The topological polar surface area (TPSA) is 30.2 Å². The highest BCUT2D eigenvalue weighted by Gasteiger charge is 2.25. The highest BCUT2D eigenvalue weighted by molar-refractivity contribution is 6.39. The Hall–Kier alpha value is -5.80. The normalized spacial score (nSPS) is 12.2. The number of fused-ring (bicyclic) bond motifs is 7. The van der Waals surface area contributed by atoms with Crippen LogP contribution in [0.5, 0.6) is 0 Å². The number of para-hydroxylation sites is 1. The minimum Gasteiger partial charge on any atom is -0.307 e. The molecule has 43 heavy (non-hydrogen) atoms. The van der Waals surface area contributed by atoms with Gasteiger partial charge in [-0.1, -0.05) is 121 Å². The molecule has 3 aromatic heterocycles. The summed E-state index contributed by atoms with van der Waals surface area (Å²) in [6, 6.07) is 49.6. The molecule has 3 nitrogen and oxygen atoms in total. The lowest BCUT2D eigenvalue weighted by molar-refractivity contribution is 1.18. The van der Waals surface area contributed by atoms with Crippen LogP contribution in [0.3, 0.4) is 0 Å². The Morgan fingerprint density at radius 2 is 0.907 bits per heavy atom. The number of rotatable bonds is 3. The Balaban J connectivity index is 1.41. The molecule has 0 atom stereocenters. The maximum atomic E-state index is 5.26. The van der Waals surface area contributed by atoms with Crippen LogP contribution in [0.1, 0.15) is 0 Å². The number of hydrogen-bond donors (Lipinski definition) is 0. The van der Waals surface area contributed by atoms with Gasteiger partial charge in [0, 0.05) is 38.2 Å². The molecule has 3 heteroatoms. The summed E-state index contributed by atoms with van der Waals surface area (Å²) in [4.78, 5) is 10.5. The standard InChI is InChI=1S/C40H23N3/c1-3-11-24(12-4-1)33-23-34(25-13-5-2-6-14-25)42-40(41-33)32-22-20-30-27-16-8-7-15-26(27)29-19-21-31-28-17-9-10-18-35(28)43-38(31)36(29)37(30)39(32)43/h1-23H. The molecule has 10 aromatic rings. The third kappa shape index (κ3) is 3.03. The third-order valence-electron chi connectivity index (χ3n) is 9.10. The molecular formula is C40H23N3. The summed E-state index contributed by atoms with van der Waals surface area (Å²) in [7, 11) is 0. The number of hydrogen-bond acceptors (Lipinski definition) is 2. The van der Waals surface area contributed by atoms with Gasteiger partial charge in [0.15, 0.2) is 5.82 Å². The smallest absolute Gasteiger partial charge is 0.162 e. The van der Waals surface area contributed by atoms with Crippen molar-refractivity contribution in [3.8, 4) is 33.9 Å². The summed E-state index contributed by atoms with van der Waals surface area (Å²) in [6.45, 7) is 0. The molecule has 3 heterocycles. The molecule has 7 aromatic carbocycles. The molecule has 0 radical (unpaired) electrons. The van der Waals surface area contributed by atoms with Gasteiger partial charge in [0.05, 0.1) is 27.9 Å². The fourth-order valence-electron chi connectivity index (χ4n) is 7.28. The lowest BCUT2D eigenvalue weighted by atomic mass is 9.92. The summed E-state index contributed by atoms with van der Waals surface area (Å²) in [5.41, 5.74) is 8.68. The monoisotopic (exact) mass is 545 g/mol. The predicted octanol–water partition coefficient (Wildman–Crippen LogP) is 10.4. The van der Waals surface area contributed by atoms with E-state index in [0.29, 0.717) is 0 Å². The Morgan fingerprint density at radius 3 is 1.56 bits per heavy atom. The first-order valence-electron chi connectivity index (χ1n) is 14.7. The molecule has 0 N–H and O–H groups in total. The Morgan fingerprint density at radius 1 is 0.395 bits per heavy atom. The quantitative estimate of drug-likeness (QED) is 0.207. The minimum atomic E-state index is 0.733. The number of benzene rings is 7. The first-order chi connectivity index (χ1) is 21.3. The van der Waals surface area contributed by atoms with Crippen molar-refractivity contribution in [2.75, 3.05) is 0 Å². The van der Waals surface area contributed by atoms with Crippen molar-refractivity contribution in [2.24, 2.45) is 0 Å². The van der Waals surface area contributed by atoms with Crippen LogP contribution in [0.4, 0.5) is 0 Å². The zero-order valence-corrected chi connectivity index (χ0v) is 23.1. The van der Waals surface area contributed by atoms with Crippen LogP contribution < -0.4 is 0 Å². The van der Waals surface area contributed by atoms with Gasteiger partial charge in [-0.25, -0.2) is 9.97 Å². The number of nitrogens with zero attached hydrogens (tertiary/aromatic N) is 3. The molecule has 0 amide bonds. The van der Waals surface area contributed by atoms with Crippen LogP contribution in [-0.4, -0.2) is 14.4 Å². The summed E-state index contributed by atoms with van der Waals surface area (Å²) in [5, 5.41) is 10.3. The average Bonchev–Trinajstić information content (AvgIpc) is 3.62. The zero-order valence-electron chi connectivity index (χ0n) is 23.1. The fraction of sp³-hybridized carbons (Fsp3) is 0. The molecule has 0 fully saturated rings. The van der Waals surface area contributed by atoms with Crippen LogP contribution >= 0.6 is 0 Å². The zero-order chi connectivity index (χ0) is 28.1. The van der Waals surface area contributed by atoms with Crippen molar-refractivity contribution in [3.63, 3.8) is 0 Å². The summed E-state index contributed by atoms with van der Waals surface area (Å²) in [6.07, 6.45) is 0. The van der Waals surface area contributed by atoms with Gasteiger partial charge >= 0.3 is 0 Å². The third-order valence-corrected chi connectivity index (χ3v) is 9.10. The van der Waals surface area contributed by atoms with E-state index in [-0.39, 0.29) is 0 Å². The maximum absolute atomic E-state index is 5.26. The molecule has 0 bridgehead atoms. The van der Waals surface area contributed by atoms with E-state index in [1.54, 1.807) is 0 Å². The minimum absolute atomic E-state index is 0.733. The Bertz CT molecular complexity index is 2590. The predicted molar refractivity (Wildman–Crippen MR) is 179 cm³/mol. The molecule has 198 valence electrons. The van der Waals surface area contributed by atoms with Crippen LogP contribution in [-0.2, 0) is 0 Å². The molecule has 0 aliphatic carbocycles. The van der Waals surface area contributed by atoms with Gasteiger partial charge < -0.3 is 4.40 Å². The van der Waals surface area contributed by atoms with Crippen LogP contribution in [0.25, 0.3) is 93.5 Å². The largest absolute Gasteiger partial charge is 0.307 e. The Labute approximate surface area is 247 Å². The summed E-state index contributed by atoms with van der Waals surface area (Å²) in [5.74, 6) is 0.733. The second kappa shape index (κ2) is 8.37. The van der Waals surface area contributed by atoms with Crippen molar-refractivity contribution in [3.05, 3.63) is 140 Å². The highest BCUT2D eigenvalue weighted by Crippen LogP contribution is 2.49. The van der Waals surface area contributed by atoms with Crippen molar-refractivity contribution < 1.29 is 0 Å². The van der Waals surface area contributed by atoms with Gasteiger partial charge in [-0.05, 0) is 39.7 Å². The first-order valence-corrected chi connectivity index (χ1v) is 14.7. The molecule has 0 saturated carbocycles. The second-order valence-corrected chi connectivity index (χ2v) is 11.4. The van der Waals surface area contributed by atoms with E-state index in [1.807, 2.05) is 12.1 Å². The first kappa shape index (κ1) is 22.8. The van der Waals surface area contributed by atoms with Crippen molar-refractivity contribution in [2.45, 2.75) is 0 Å². The van der Waals surface area contributed by atoms with E-state index in [4.69, 9.17) is 9.97 Å². The van der Waals surface area contributed by atoms with Gasteiger partial charge in [-0.15, -0.1) is 0 Å². The van der Waals surface area contributed by atoms with Gasteiger partial charge in [-0.3, -0.25) is 0 Å². The lowest BCUT2D eigenvalue weighted by Crippen LogP contribution is -1.97. The molecule has 0 spiro atoms. The summed E-state index contributed by atoms with van der Waals surface area (Å²) < 4.78 is 2.48. The van der Waals surface area contributed by atoms with Crippen LogP contribution in [0.2, 0.25) is 0 Å². The van der Waals surface area contributed by atoms with E-state index < -0.39 is 0 Å². The fourth-order valence-corrected chi connectivity index (χ4v) is 7.28. The second-order valence-electron chi connectivity index (χ2n) is 11.4. The lowest BCUT2D eigenvalue weighted by Gasteiger charge is -2.13. The van der Waals surface area contributed by atoms with E-state index in [9.17, 15) is 0 Å². The van der Waals surface area contributed by atoms with Crippen LogP contribution in [0, 0.1) is 0 Å². The average molecular weight is 546 g/mol. The van der Waals surface area contributed by atoms with E-state index >= 15 is 0 Å². The Kier molecular flexibility index (Phi) is 4.45. The molecule has 0 saturated heterocycles. The van der Waals surface area contributed by atoms with Gasteiger partial charge in [0.1, 0.15) is 0 Å². The van der Waals surface area contributed by atoms with Crippen molar-refractivity contribution >= 4 is 59.6 Å². The number of aromatic nitrogens is 3. The molecule has 0 unspecified atom stereocenters. The van der Waals surface area contributed by atoms with Crippen LogP contribution in [0.15, 0.2) is 140 Å². The maximum Gasteiger partial charge on any atom is 0.162 e. The molecule has 0 aliphatic rings. The highest BCUT2D eigenvalue weighted by atomic mass is 14.9. The molecule has 10 rings (SSSR count). The van der Waals surface area contributed by atoms with E-state index in [0.717, 1.165) is 33.9 Å². The van der Waals surface area contributed by atoms with Gasteiger partial charge in [0.25, 0.3) is 0 Å². The van der Waals surface area contributed by atoms with Crippen molar-refractivity contribution in [1.82, 2.24) is 14.4 Å². The van der Waals surface area contributed by atoms with E-state index in [1.165, 1.54) is 59.6 Å². The summed E-state index contributed by atoms with van der Waals surface area (Å²) >= 11 is 0. The van der Waals surface area contributed by atoms with Gasteiger partial charge in [-0.2, -0.15) is 0 Å². The van der Waals surface area contributed by atoms with Crippen molar-refractivity contribution in [1.29, 1.82) is 0 Å². The molecule has 0 aliphatic heterocycles. The van der Waals surface area contributed by atoms with E-state index in [2.05, 4.69) is 132 Å². The molecular weight excluding hydrogens is 522 g/mol. The van der Waals surface area contributed by atoms with Gasteiger partial charge in [0.2, 0.25) is 0 Å².